The highest BCUT2D eigenvalue weighted by Crippen LogP contribution is 2.19. The summed E-state index contributed by atoms with van der Waals surface area (Å²) in [6.45, 7) is 0.338. The van der Waals surface area contributed by atoms with E-state index in [-0.39, 0.29) is 12.2 Å². The summed E-state index contributed by atoms with van der Waals surface area (Å²) in [5.41, 5.74) is 1.39. The maximum Gasteiger partial charge on any atom is 0.217 e. The third kappa shape index (κ3) is 3.92. The molecule has 0 aliphatic rings. The smallest absolute Gasteiger partial charge is 0.217 e. The molecule has 2 N–H and O–H groups in total. The molecule has 128 valence electrons. The van der Waals surface area contributed by atoms with Gasteiger partial charge in [0.1, 0.15) is 0 Å². The average molecular weight is 393 g/mol. The monoisotopic (exact) mass is 392 g/mol. The van der Waals surface area contributed by atoms with Crippen LogP contribution in [0.2, 0.25) is 10.0 Å². The van der Waals surface area contributed by atoms with Gasteiger partial charge in [0.05, 0.1) is 6.54 Å². The topological polar surface area (TPSA) is 65.8 Å². The quantitative estimate of drug-likeness (QED) is 0.397. The molecule has 0 aliphatic heterocycles. The third-order valence-electron chi connectivity index (χ3n) is 3.69. The van der Waals surface area contributed by atoms with Crippen molar-refractivity contribution >= 4 is 41.2 Å². The molecule has 0 atom stereocenters. The molecule has 0 saturated carbocycles. The van der Waals surface area contributed by atoms with E-state index in [9.17, 15) is 4.79 Å². The molecule has 1 aromatic heterocycles. The van der Waals surface area contributed by atoms with Crippen LogP contribution >= 0.6 is 35.4 Å². The second-order valence-electron chi connectivity index (χ2n) is 5.39. The van der Waals surface area contributed by atoms with E-state index in [0.717, 1.165) is 5.56 Å². The fourth-order valence-electron chi connectivity index (χ4n) is 2.35. The van der Waals surface area contributed by atoms with Crippen molar-refractivity contribution in [2.24, 2.45) is 0 Å². The summed E-state index contributed by atoms with van der Waals surface area (Å²) >= 11 is 17.0. The van der Waals surface area contributed by atoms with Crippen molar-refractivity contribution in [1.82, 2.24) is 14.5 Å². The minimum atomic E-state index is -0.0156. The van der Waals surface area contributed by atoms with Crippen molar-refractivity contribution in [3.05, 3.63) is 68.9 Å². The van der Waals surface area contributed by atoms with Crippen molar-refractivity contribution in [2.75, 3.05) is 5.84 Å². The van der Waals surface area contributed by atoms with Crippen LogP contribution in [0.15, 0.2) is 48.5 Å². The van der Waals surface area contributed by atoms with E-state index in [1.807, 2.05) is 12.1 Å². The minimum Gasteiger partial charge on any atom is -0.335 e. The number of aryl methyl sites for hydroxylation is 1. The number of Topliss-reactive ketones (excluding diaryl/α,β-unsaturated/α-hetero) is 1. The number of rotatable bonds is 5. The summed E-state index contributed by atoms with van der Waals surface area (Å²) in [7, 11) is 0. The van der Waals surface area contributed by atoms with Gasteiger partial charge in [-0.3, -0.25) is 4.79 Å². The number of hydrogen-bond donors (Lipinski definition) is 1. The molecular weight excluding hydrogens is 379 g/mol. The first-order chi connectivity index (χ1) is 12.0. The van der Waals surface area contributed by atoms with Crippen molar-refractivity contribution < 1.29 is 4.79 Å². The SMILES string of the molecule is Nn1c(-c2ccc(Cl)cc2)nn(CCC(=O)c2ccc(Cl)cc2)c1=S. The van der Waals surface area contributed by atoms with Gasteiger partial charge in [0, 0.05) is 27.6 Å². The second-order valence-corrected chi connectivity index (χ2v) is 6.62. The molecule has 0 radical (unpaired) electrons. The van der Waals surface area contributed by atoms with Gasteiger partial charge in [0.25, 0.3) is 0 Å². The number of aromatic nitrogens is 3. The molecule has 0 aliphatic carbocycles. The highest BCUT2D eigenvalue weighted by molar-refractivity contribution is 7.71. The predicted molar refractivity (Wildman–Crippen MR) is 102 cm³/mol. The zero-order valence-electron chi connectivity index (χ0n) is 13.0. The van der Waals surface area contributed by atoms with Crippen LogP contribution in [0, 0.1) is 4.77 Å². The first kappa shape index (κ1) is 17.7. The lowest BCUT2D eigenvalue weighted by Gasteiger charge is -2.02. The standard InChI is InChI=1S/C17H14Cl2N4OS/c18-13-5-1-11(2-6-13)15(24)9-10-22-17(25)23(20)16(21-22)12-3-7-14(19)8-4-12/h1-8H,9-10,20H2. The summed E-state index contributed by atoms with van der Waals surface area (Å²) in [6, 6.07) is 13.9. The maximum atomic E-state index is 12.3. The molecule has 0 saturated heterocycles. The van der Waals surface area contributed by atoms with Crippen LogP contribution < -0.4 is 5.84 Å². The Morgan fingerprint density at radius 2 is 1.60 bits per heavy atom. The van der Waals surface area contributed by atoms with Gasteiger partial charge >= 0.3 is 0 Å². The number of hydrogen-bond acceptors (Lipinski definition) is 4. The normalized spacial score (nSPS) is 10.8. The van der Waals surface area contributed by atoms with E-state index in [4.69, 9.17) is 41.3 Å². The first-order valence-electron chi connectivity index (χ1n) is 7.45. The van der Waals surface area contributed by atoms with Gasteiger partial charge in [-0.2, -0.15) is 0 Å². The Balaban J connectivity index is 1.78. The summed E-state index contributed by atoms with van der Waals surface area (Å²) in [6.07, 6.45) is 0.257. The van der Waals surface area contributed by atoms with Gasteiger partial charge in [-0.05, 0) is 60.7 Å². The molecule has 0 spiro atoms. The van der Waals surface area contributed by atoms with Crippen LogP contribution in [-0.2, 0) is 6.54 Å². The maximum absolute atomic E-state index is 12.3. The zero-order valence-corrected chi connectivity index (χ0v) is 15.4. The van der Waals surface area contributed by atoms with Gasteiger partial charge < -0.3 is 5.84 Å². The lowest BCUT2D eigenvalue weighted by molar-refractivity contribution is 0.0975. The van der Waals surface area contributed by atoms with E-state index in [0.29, 0.717) is 32.7 Å². The number of ketones is 1. The van der Waals surface area contributed by atoms with E-state index in [2.05, 4.69) is 5.10 Å². The third-order valence-corrected chi connectivity index (χ3v) is 4.60. The summed E-state index contributed by atoms with van der Waals surface area (Å²) in [4.78, 5) is 12.3. The summed E-state index contributed by atoms with van der Waals surface area (Å²) in [5.74, 6) is 6.50. The predicted octanol–water partition coefficient (Wildman–Crippen LogP) is 4.37. The van der Waals surface area contributed by atoms with Crippen molar-refractivity contribution in [3.63, 3.8) is 0 Å². The molecule has 8 heteroatoms. The van der Waals surface area contributed by atoms with Gasteiger partial charge in [-0.1, -0.05) is 23.2 Å². The van der Waals surface area contributed by atoms with Crippen LogP contribution in [0.25, 0.3) is 11.4 Å². The van der Waals surface area contributed by atoms with Crippen LogP contribution in [0.5, 0.6) is 0 Å². The van der Waals surface area contributed by atoms with E-state index in [1.54, 1.807) is 41.1 Å². The number of nitrogens with two attached hydrogens (primary N) is 1. The Morgan fingerprint density at radius 3 is 2.20 bits per heavy atom. The van der Waals surface area contributed by atoms with Gasteiger partial charge in [0.15, 0.2) is 11.6 Å². The van der Waals surface area contributed by atoms with E-state index >= 15 is 0 Å². The number of carbonyl (C=O) groups is 1. The Hall–Kier alpha value is -2.15. The van der Waals surface area contributed by atoms with Crippen molar-refractivity contribution in [2.45, 2.75) is 13.0 Å². The summed E-state index contributed by atoms with van der Waals surface area (Å²) < 4.78 is 3.21. The average Bonchev–Trinajstić information content (AvgIpc) is 2.89. The van der Waals surface area contributed by atoms with Crippen LogP contribution in [0.1, 0.15) is 16.8 Å². The van der Waals surface area contributed by atoms with Crippen molar-refractivity contribution in [1.29, 1.82) is 0 Å². The molecule has 0 unspecified atom stereocenters. The summed E-state index contributed by atoms with van der Waals surface area (Å²) in [5, 5.41) is 5.64. The Morgan fingerprint density at radius 1 is 1.04 bits per heavy atom. The van der Waals surface area contributed by atoms with Crippen LogP contribution in [-0.4, -0.2) is 20.2 Å². The lowest BCUT2D eigenvalue weighted by atomic mass is 10.1. The molecule has 0 bridgehead atoms. The Labute approximate surface area is 159 Å². The second kappa shape index (κ2) is 7.39. The Bertz CT molecular complexity index is 962. The molecule has 0 amide bonds. The molecule has 5 nitrogen and oxygen atoms in total. The fourth-order valence-corrected chi connectivity index (χ4v) is 2.82. The number of nitrogen functional groups attached to an aromatic ring is 1. The Kier molecular flexibility index (Phi) is 5.22. The van der Waals surface area contributed by atoms with Crippen LogP contribution in [0.4, 0.5) is 0 Å². The molecule has 25 heavy (non-hydrogen) atoms. The molecule has 3 aromatic rings. The molecule has 2 aromatic carbocycles. The first-order valence-corrected chi connectivity index (χ1v) is 8.62. The number of carbonyl (C=O) groups excluding carboxylic acids is 1. The molecule has 1 heterocycles. The molecular formula is C17H14Cl2N4OS. The van der Waals surface area contributed by atoms with Gasteiger partial charge in [-0.15, -0.1) is 5.10 Å². The fraction of sp³-hybridized carbons (Fsp3) is 0.118. The minimum absolute atomic E-state index is 0.0156. The van der Waals surface area contributed by atoms with Crippen LogP contribution in [0.3, 0.4) is 0 Å². The number of halogens is 2. The van der Waals surface area contributed by atoms with Gasteiger partial charge in [-0.25, -0.2) is 9.36 Å². The number of benzene rings is 2. The molecule has 0 fully saturated rings. The van der Waals surface area contributed by atoms with E-state index < -0.39 is 0 Å². The highest BCUT2D eigenvalue weighted by atomic mass is 35.5. The highest BCUT2D eigenvalue weighted by Gasteiger charge is 2.13. The van der Waals surface area contributed by atoms with E-state index in [1.165, 1.54) is 4.68 Å². The molecule has 3 rings (SSSR count). The number of nitrogens with zero attached hydrogens (tertiary/aromatic N) is 3. The zero-order chi connectivity index (χ0) is 18.0. The lowest BCUT2D eigenvalue weighted by Crippen LogP contribution is -2.11. The van der Waals surface area contributed by atoms with Gasteiger partial charge in [0.2, 0.25) is 4.77 Å². The largest absolute Gasteiger partial charge is 0.335 e. The van der Waals surface area contributed by atoms with Crippen molar-refractivity contribution in [3.8, 4) is 11.4 Å².